The number of halogens is 3. The van der Waals surface area contributed by atoms with Crippen molar-refractivity contribution in [3.05, 3.63) is 82.6 Å². The molecule has 1 aliphatic carbocycles. The van der Waals surface area contributed by atoms with E-state index in [0.29, 0.717) is 34.5 Å². The van der Waals surface area contributed by atoms with Gasteiger partial charge in [0.15, 0.2) is 5.82 Å². The third-order valence-electron chi connectivity index (χ3n) is 6.01. The van der Waals surface area contributed by atoms with E-state index >= 15 is 4.39 Å². The summed E-state index contributed by atoms with van der Waals surface area (Å²) in [7, 11) is -3.83. The third kappa shape index (κ3) is 3.95. The fraction of sp³-hybridized carbons (Fsp3) is 0.167. The van der Waals surface area contributed by atoms with Crippen molar-refractivity contribution in [2.24, 2.45) is 0 Å². The molecular formula is C24H18ClF2N3O3S. The van der Waals surface area contributed by atoms with Crippen molar-refractivity contribution in [1.82, 2.24) is 9.97 Å². The highest BCUT2D eigenvalue weighted by Gasteiger charge is 2.33. The minimum atomic E-state index is -3.83. The van der Waals surface area contributed by atoms with E-state index in [1.165, 1.54) is 6.20 Å². The zero-order valence-corrected chi connectivity index (χ0v) is 19.2. The lowest BCUT2D eigenvalue weighted by molar-refractivity contribution is 0.103. The number of fused-ring (bicyclic) bond motifs is 1. The highest BCUT2D eigenvalue weighted by Crippen LogP contribution is 2.32. The van der Waals surface area contributed by atoms with E-state index in [2.05, 4.69) is 14.7 Å². The van der Waals surface area contributed by atoms with E-state index in [-0.39, 0.29) is 5.56 Å². The van der Waals surface area contributed by atoms with Gasteiger partial charge in [-0.1, -0.05) is 30.2 Å². The molecule has 0 spiro atoms. The summed E-state index contributed by atoms with van der Waals surface area (Å²) < 4.78 is 56.9. The number of carbonyl (C=O) groups excluding carboxylic acids is 1. The normalized spacial score (nSPS) is 14.2. The van der Waals surface area contributed by atoms with E-state index < -0.39 is 43.9 Å². The number of rotatable bonds is 6. The van der Waals surface area contributed by atoms with Gasteiger partial charge in [0.1, 0.15) is 11.5 Å². The first-order valence-electron chi connectivity index (χ1n) is 10.5. The number of aromatic amines is 1. The summed E-state index contributed by atoms with van der Waals surface area (Å²) in [6.07, 6.45) is 4.65. The first-order chi connectivity index (χ1) is 16.2. The molecule has 1 aliphatic rings. The lowest BCUT2D eigenvalue weighted by Gasteiger charge is -2.25. The summed E-state index contributed by atoms with van der Waals surface area (Å²) in [5.41, 5.74) is 0.547. The number of anilines is 1. The van der Waals surface area contributed by atoms with Crippen LogP contribution in [0.3, 0.4) is 0 Å². The molecule has 174 valence electrons. The first-order valence-corrected chi connectivity index (χ1v) is 12.4. The van der Waals surface area contributed by atoms with Crippen LogP contribution < -0.4 is 4.72 Å². The molecule has 2 heterocycles. The fourth-order valence-electron chi connectivity index (χ4n) is 3.88. The average Bonchev–Trinajstić information content (AvgIpc) is 3.18. The monoisotopic (exact) mass is 501 g/mol. The smallest absolute Gasteiger partial charge is 0.235 e. The van der Waals surface area contributed by atoms with E-state index in [1.54, 1.807) is 36.5 Å². The Kier molecular flexibility index (Phi) is 5.61. The number of pyridine rings is 1. The Hall–Kier alpha value is -3.30. The Balaban J connectivity index is 1.55. The molecule has 34 heavy (non-hydrogen) atoms. The third-order valence-corrected chi connectivity index (χ3v) is 8.12. The number of sulfonamides is 1. The standard InChI is InChI=1S/C24H18ClF2N3O3S/c25-15-6-4-13(5-7-15)14-10-17-18(12-29-24(17)28-11-14)23(31)21-19(26)8-9-20(22(21)27)30-34(32,33)16-2-1-3-16/h4-12,16,30H,1-3H2,(H,28,29). The fourth-order valence-corrected chi connectivity index (χ4v) is 5.59. The molecule has 4 aromatic rings. The molecule has 6 nitrogen and oxygen atoms in total. The Morgan fingerprint density at radius 2 is 1.82 bits per heavy atom. The second-order valence-corrected chi connectivity index (χ2v) is 10.5. The molecule has 0 unspecified atom stereocenters. The van der Waals surface area contributed by atoms with Crippen molar-refractivity contribution >= 4 is 44.1 Å². The van der Waals surface area contributed by atoms with Crippen LogP contribution in [0.15, 0.2) is 54.9 Å². The van der Waals surface area contributed by atoms with Gasteiger partial charge in [0.05, 0.1) is 16.5 Å². The summed E-state index contributed by atoms with van der Waals surface area (Å²) in [5, 5.41) is 0.313. The molecule has 2 N–H and O–H groups in total. The predicted molar refractivity (Wildman–Crippen MR) is 127 cm³/mol. The van der Waals surface area contributed by atoms with Crippen LogP contribution in [-0.4, -0.2) is 29.4 Å². The van der Waals surface area contributed by atoms with E-state index in [4.69, 9.17) is 11.6 Å². The number of ketones is 1. The second kappa shape index (κ2) is 8.48. The van der Waals surface area contributed by atoms with Gasteiger partial charge in [0.25, 0.3) is 0 Å². The van der Waals surface area contributed by atoms with Gasteiger partial charge in [-0.25, -0.2) is 22.2 Å². The molecule has 0 bridgehead atoms. The van der Waals surface area contributed by atoms with Gasteiger partial charge in [-0.15, -0.1) is 0 Å². The number of H-pyrrole nitrogens is 1. The molecule has 0 radical (unpaired) electrons. The number of hydrogen-bond acceptors (Lipinski definition) is 4. The van der Waals surface area contributed by atoms with Gasteiger partial charge in [-0.05, 0) is 48.7 Å². The van der Waals surface area contributed by atoms with Gasteiger partial charge in [-0.2, -0.15) is 0 Å². The van der Waals surface area contributed by atoms with Crippen LogP contribution in [0, 0.1) is 11.6 Å². The van der Waals surface area contributed by atoms with Gasteiger partial charge in [0.2, 0.25) is 15.8 Å². The number of nitrogens with one attached hydrogen (secondary N) is 2. The minimum Gasteiger partial charge on any atom is -0.345 e. The van der Waals surface area contributed by atoms with Crippen molar-refractivity contribution in [2.45, 2.75) is 24.5 Å². The summed E-state index contributed by atoms with van der Waals surface area (Å²) in [6.45, 7) is 0. The van der Waals surface area contributed by atoms with Crippen LogP contribution in [0.2, 0.25) is 5.02 Å². The van der Waals surface area contributed by atoms with Crippen LogP contribution in [-0.2, 0) is 10.0 Å². The quantitative estimate of drug-likeness (QED) is 0.332. The largest absolute Gasteiger partial charge is 0.345 e. The lowest BCUT2D eigenvalue weighted by Crippen LogP contribution is -2.33. The molecule has 10 heteroatoms. The molecule has 0 atom stereocenters. The van der Waals surface area contributed by atoms with Crippen LogP contribution in [0.25, 0.3) is 22.2 Å². The first kappa shape index (κ1) is 22.5. The van der Waals surface area contributed by atoms with Crippen LogP contribution in [0.4, 0.5) is 14.5 Å². The van der Waals surface area contributed by atoms with Crippen molar-refractivity contribution in [1.29, 1.82) is 0 Å². The highest BCUT2D eigenvalue weighted by molar-refractivity contribution is 7.93. The highest BCUT2D eigenvalue weighted by atomic mass is 35.5. The van der Waals surface area contributed by atoms with Crippen molar-refractivity contribution in [3.8, 4) is 11.1 Å². The maximum atomic E-state index is 15.2. The molecule has 0 amide bonds. The molecule has 5 rings (SSSR count). The van der Waals surface area contributed by atoms with Gasteiger partial charge < -0.3 is 4.98 Å². The van der Waals surface area contributed by atoms with Gasteiger partial charge in [0, 0.05) is 33.9 Å². The predicted octanol–water partition coefficient (Wildman–Crippen LogP) is 5.69. The molecule has 0 aliphatic heterocycles. The van der Waals surface area contributed by atoms with Crippen LogP contribution >= 0.6 is 11.6 Å². The van der Waals surface area contributed by atoms with Crippen molar-refractivity contribution in [2.75, 3.05) is 4.72 Å². The van der Waals surface area contributed by atoms with Crippen molar-refractivity contribution < 1.29 is 22.0 Å². The number of carbonyl (C=O) groups is 1. The lowest BCUT2D eigenvalue weighted by atomic mass is 10.00. The Morgan fingerprint density at radius 1 is 1.09 bits per heavy atom. The molecule has 2 aromatic heterocycles. The van der Waals surface area contributed by atoms with Crippen molar-refractivity contribution in [3.63, 3.8) is 0 Å². The minimum absolute atomic E-state index is 0.00936. The van der Waals surface area contributed by atoms with E-state index in [9.17, 15) is 17.6 Å². The zero-order chi connectivity index (χ0) is 24.0. The van der Waals surface area contributed by atoms with Crippen LogP contribution in [0.5, 0.6) is 0 Å². The summed E-state index contributed by atoms with van der Waals surface area (Å²) in [4.78, 5) is 20.4. The zero-order valence-electron chi connectivity index (χ0n) is 17.6. The molecule has 2 aromatic carbocycles. The second-order valence-electron chi connectivity index (χ2n) is 8.14. The molecule has 1 saturated carbocycles. The SMILES string of the molecule is O=C(c1c(F)ccc(NS(=O)(=O)C2CCC2)c1F)c1c[nH]c2ncc(-c3ccc(Cl)cc3)cc12. The van der Waals surface area contributed by atoms with Gasteiger partial charge >= 0.3 is 0 Å². The molecule has 0 saturated heterocycles. The summed E-state index contributed by atoms with van der Waals surface area (Å²) in [6, 6.07) is 10.5. The summed E-state index contributed by atoms with van der Waals surface area (Å²) in [5.74, 6) is -3.28. The summed E-state index contributed by atoms with van der Waals surface area (Å²) >= 11 is 5.94. The maximum Gasteiger partial charge on any atom is 0.235 e. The molecule has 1 fully saturated rings. The van der Waals surface area contributed by atoms with E-state index in [0.717, 1.165) is 24.1 Å². The number of nitrogens with zero attached hydrogens (tertiary/aromatic N) is 1. The van der Waals surface area contributed by atoms with E-state index in [1.807, 2.05) is 0 Å². The number of benzene rings is 2. The Labute approximate surface area is 199 Å². The van der Waals surface area contributed by atoms with Crippen LogP contribution in [0.1, 0.15) is 35.2 Å². The Bertz CT molecular complexity index is 1530. The van der Waals surface area contributed by atoms with Gasteiger partial charge in [-0.3, -0.25) is 9.52 Å². The maximum absolute atomic E-state index is 15.2. The number of aromatic nitrogens is 2. The molecular weight excluding hydrogens is 484 g/mol. The Morgan fingerprint density at radius 3 is 2.50 bits per heavy atom. The number of hydrogen-bond donors (Lipinski definition) is 2. The average molecular weight is 502 g/mol. The topological polar surface area (TPSA) is 91.9 Å².